The molecular formula is C45H43N3O6S2. The summed E-state index contributed by atoms with van der Waals surface area (Å²) in [6.07, 6.45) is 17.2. The number of fused-ring (bicyclic) bond motifs is 2. The van der Waals surface area contributed by atoms with Crippen molar-refractivity contribution in [1.82, 2.24) is 0 Å². The molecule has 0 atom stereocenters. The second-order valence-corrected chi connectivity index (χ2v) is 14.5. The van der Waals surface area contributed by atoms with E-state index in [4.69, 9.17) is 33.5 Å². The van der Waals surface area contributed by atoms with E-state index < -0.39 is 0 Å². The van der Waals surface area contributed by atoms with Crippen molar-refractivity contribution in [3.8, 4) is 23.0 Å². The predicted molar refractivity (Wildman–Crippen MR) is 231 cm³/mol. The van der Waals surface area contributed by atoms with Crippen LogP contribution >= 0.6 is 22.7 Å². The van der Waals surface area contributed by atoms with Gasteiger partial charge in [-0.1, -0.05) is 86.0 Å². The van der Waals surface area contributed by atoms with Crippen LogP contribution in [0.2, 0.25) is 0 Å². The van der Waals surface area contributed by atoms with Gasteiger partial charge >= 0.3 is 0 Å². The summed E-state index contributed by atoms with van der Waals surface area (Å²) in [5.74, 6) is 3.02. The van der Waals surface area contributed by atoms with Gasteiger partial charge in [-0.3, -0.25) is 5.01 Å². The van der Waals surface area contributed by atoms with Gasteiger partial charge in [-0.2, -0.15) is 5.10 Å². The second kappa shape index (κ2) is 19.4. The van der Waals surface area contributed by atoms with Gasteiger partial charge in [0.05, 0.1) is 57.0 Å². The number of hydrazone groups is 1. The molecule has 4 heterocycles. The van der Waals surface area contributed by atoms with Crippen molar-refractivity contribution < 1.29 is 28.4 Å². The highest BCUT2D eigenvalue weighted by atomic mass is 32.1. The van der Waals surface area contributed by atoms with Gasteiger partial charge in [0, 0.05) is 11.9 Å². The molecule has 0 saturated carbocycles. The van der Waals surface area contributed by atoms with Crippen molar-refractivity contribution in [2.75, 3.05) is 62.6 Å². The van der Waals surface area contributed by atoms with E-state index in [1.165, 1.54) is 12.5 Å². The molecule has 5 aromatic rings. The van der Waals surface area contributed by atoms with E-state index in [2.05, 4.69) is 91.0 Å². The molecule has 3 aromatic carbocycles. The van der Waals surface area contributed by atoms with Crippen molar-refractivity contribution in [3.63, 3.8) is 0 Å². The molecule has 0 bridgehead atoms. The molecule has 11 heteroatoms. The smallest absolute Gasteiger partial charge is 0.181 e. The highest BCUT2D eigenvalue weighted by Gasteiger charge is 2.24. The highest BCUT2D eigenvalue weighted by Crippen LogP contribution is 2.46. The minimum Gasteiger partial charge on any atom is -0.500 e. The maximum absolute atomic E-state index is 6.11. The van der Waals surface area contributed by atoms with Gasteiger partial charge in [0.15, 0.2) is 23.0 Å². The molecule has 0 aliphatic carbocycles. The molecule has 56 heavy (non-hydrogen) atoms. The Bertz CT molecular complexity index is 2020. The molecule has 0 saturated heterocycles. The van der Waals surface area contributed by atoms with Crippen molar-refractivity contribution >= 4 is 70.6 Å². The number of anilines is 2. The zero-order chi connectivity index (χ0) is 38.4. The van der Waals surface area contributed by atoms with Crippen LogP contribution < -0.4 is 28.9 Å². The van der Waals surface area contributed by atoms with E-state index in [9.17, 15) is 0 Å². The first-order valence-corrected chi connectivity index (χ1v) is 20.0. The summed E-state index contributed by atoms with van der Waals surface area (Å²) >= 11 is 3.22. The van der Waals surface area contributed by atoms with Crippen LogP contribution in [0.1, 0.15) is 30.6 Å². The second-order valence-electron chi connectivity index (χ2n) is 12.3. The van der Waals surface area contributed by atoms with Gasteiger partial charge in [0.25, 0.3) is 0 Å². The molecule has 2 aliphatic heterocycles. The summed E-state index contributed by atoms with van der Waals surface area (Å²) in [4.78, 5) is 6.01. The molecule has 9 nitrogen and oxygen atoms in total. The Balaban J connectivity index is 1.05. The largest absolute Gasteiger partial charge is 0.500 e. The Morgan fingerprint density at radius 1 is 0.554 bits per heavy atom. The van der Waals surface area contributed by atoms with Crippen molar-refractivity contribution in [1.29, 1.82) is 0 Å². The van der Waals surface area contributed by atoms with Crippen LogP contribution in [0.25, 0.3) is 30.4 Å². The number of rotatable bonds is 18. The molecule has 0 fully saturated rings. The fourth-order valence-electron chi connectivity index (χ4n) is 5.97. The average molecular weight is 786 g/mol. The number of ether oxygens (including phenoxy) is 6. The number of nitrogens with zero attached hydrogens (tertiary/aromatic N) is 3. The fraction of sp³-hybridized carbons (Fsp3) is 0.178. The summed E-state index contributed by atoms with van der Waals surface area (Å²) in [7, 11) is 0. The Labute approximate surface area is 335 Å². The number of hydrogen-bond donors (Lipinski definition) is 0. The molecule has 7 rings (SSSR count). The molecule has 2 aliphatic rings. The first-order chi connectivity index (χ1) is 27.7. The summed E-state index contributed by atoms with van der Waals surface area (Å²) in [5, 5.41) is 6.70. The van der Waals surface area contributed by atoms with E-state index in [1.54, 1.807) is 22.7 Å². The zero-order valence-electron chi connectivity index (χ0n) is 31.0. The number of hydrogen-bond acceptors (Lipinski definition) is 11. The first kappa shape index (κ1) is 38.1. The zero-order valence-corrected chi connectivity index (χ0v) is 32.6. The topological polar surface area (TPSA) is 74.2 Å². The van der Waals surface area contributed by atoms with Gasteiger partial charge in [-0.05, 0) is 53.6 Å². The third-order valence-corrected chi connectivity index (χ3v) is 10.8. The van der Waals surface area contributed by atoms with Crippen LogP contribution in [-0.4, -0.2) is 58.9 Å². The van der Waals surface area contributed by atoms with Gasteiger partial charge < -0.3 is 33.3 Å². The van der Waals surface area contributed by atoms with Crippen LogP contribution in [0.5, 0.6) is 23.0 Å². The normalized spacial score (nSPS) is 13.4. The van der Waals surface area contributed by atoms with E-state index in [0.29, 0.717) is 52.7 Å². The fourth-order valence-corrected chi connectivity index (χ4v) is 7.92. The molecule has 0 radical (unpaired) electrons. The Kier molecular flexibility index (Phi) is 13.2. The first-order valence-electron chi connectivity index (χ1n) is 18.3. The molecule has 0 spiro atoms. The maximum atomic E-state index is 6.11. The molecule has 0 N–H and O–H groups in total. The van der Waals surface area contributed by atoms with Gasteiger partial charge in [0.1, 0.15) is 39.6 Å². The Morgan fingerprint density at radius 3 is 1.55 bits per heavy atom. The summed E-state index contributed by atoms with van der Waals surface area (Å²) in [5.41, 5.74) is 4.17. The van der Waals surface area contributed by atoms with Crippen molar-refractivity contribution in [3.05, 3.63) is 147 Å². The van der Waals surface area contributed by atoms with Crippen LogP contribution in [-0.2, 0) is 9.47 Å². The standard InChI is InChI=1S/C45H43N3O6S2/c1-3-49-27-25-47(36-11-7-5-8-12-36)24-23-40-44-42(51-29-30-53-44)38(55-40)21-19-34-15-17-35(18-16-34)20-22-39-43-45(54-32-31-52-43)41(56-39)33-46-48(26-28-50-4-2)37-13-9-6-10-14-37/h3-24,33H,1-2,25-32H2. The van der Waals surface area contributed by atoms with Gasteiger partial charge in [-0.25, -0.2) is 0 Å². The summed E-state index contributed by atoms with van der Waals surface area (Å²) in [6, 6.07) is 28.6. The summed E-state index contributed by atoms with van der Waals surface area (Å²) < 4.78 is 35.2. The molecule has 0 amide bonds. The third-order valence-electron chi connectivity index (χ3n) is 8.66. The third kappa shape index (κ3) is 9.73. The Hall–Kier alpha value is -6.17. The number of thiophene rings is 2. The molecular weight excluding hydrogens is 743 g/mol. The summed E-state index contributed by atoms with van der Waals surface area (Å²) in [6.45, 7) is 11.5. The van der Waals surface area contributed by atoms with Crippen LogP contribution in [0.4, 0.5) is 11.4 Å². The molecule has 286 valence electrons. The Morgan fingerprint density at radius 2 is 1.02 bits per heavy atom. The minimum atomic E-state index is 0.459. The predicted octanol–water partition coefficient (Wildman–Crippen LogP) is 10.3. The molecule has 2 aromatic heterocycles. The maximum Gasteiger partial charge on any atom is 0.181 e. The average Bonchev–Trinajstić information content (AvgIpc) is 3.80. The number of para-hydroxylation sites is 2. The molecule has 0 unspecified atom stereocenters. The van der Waals surface area contributed by atoms with Crippen LogP contribution in [0, 0.1) is 0 Å². The SMILES string of the molecule is C=COCCN(C=Cc1sc(C=Cc2ccc(C=Cc3sc(C=NN(CCOC=C)c4ccccc4)c4c3OCCO4)cc2)c2c1OCCO2)c1ccccc1. The minimum absolute atomic E-state index is 0.459. The van der Waals surface area contributed by atoms with Gasteiger partial charge in [-0.15, -0.1) is 22.7 Å². The van der Waals surface area contributed by atoms with E-state index in [-0.39, 0.29) is 0 Å². The van der Waals surface area contributed by atoms with Gasteiger partial charge in [0.2, 0.25) is 0 Å². The van der Waals surface area contributed by atoms with Crippen LogP contribution in [0.3, 0.4) is 0 Å². The quantitative estimate of drug-likeness (QED) is 0.0376. The lowest BCUT2D eigenvalue weighted by Gasteiger charge is -2.20. The lowest BCUT2D eigenvalue weighted by atomic mass is 10.1. The van der Waals surface area contributed by atoms with Crippen LogP contribution in [0.15, 0.2) is 122 Å². The van der Waals surface area contributed by atoms with E-state index >= 15 is 0 Å². The highest BCUT2D eigenvalue weighted by molar-refractivity contribution is 7.15. The van der Waals surface area contributed by atoms with Crippen molar-refractivity contribution in [2.24, 2.45) is 5.10 Å². The lowest BCUT2D eigenvalue weighted by Crippen LogP contribution is -2.21. The van der Waals surface area contributed by atoms with E-state index in [1.807, 2.05) is 59.8 Å². The van der Waals surface area contributed by atoms with Crippen molar-refractivity contribution in [2.45, 2.75) is 0 Å². The monoisotopic (exact) mass is 785 g/mol. The van der Waals surface area contributed by atoms with E-state index in [0.717, 1.165) is 65.0 Å². The lowest BCUT2D eigenvalue weighted by molar-refractivity contribution is 0.173. The number of benzene rings is 3.